The predicted octanol–water partition coefficient (Wildman–Crippen LogP) is 2.53. The normalized spacial score (nSPS) is 11.8. The standard InChI is InChI=1S/C17H23NO4/c1-12(18(3)13(2)19)11-14-7-9-15(10-8-14)16(20)5-4-6-17(21)22/h7-10,12H,4-6,11H2,1-3H3,(H,21,22)/t12-/m1/s1. The molecule has 0 aromatic heterocycles. The number of rotatable bonds is 8. The van der Waals surface area contributed by atoms with E-state index in [1.165, 1.54) is 6.92 Å². The van der Waals surface area contributed by atoms with Crippen LogP contribution in [0, 0.1) is 0 Å². The van der Waals surface area contributed by atoms with Crippen LogP contribution >= 0.6 is 0 Å². The van der Waals surface area contributed by atoms with Gasteiger partial charge in [-0.25, -0.2) is 0 Å². The Kier molecular flexibility index (Phi) is 6.76. The number of carbonyl (C=O) groups excluding carboxylic acids is 2. The fourth-order valence-electron chi connectivity index (χ4n) is 2.16. The molecule has 1 aromatic rings. The number of hydrogen-bond donors (Lipinski definition) is 1. The Bertz CT molecular complexity index is 536. The summed E-state index contributed by atoms with van der Waals surface area (Å²) in [7, 11) is 1.77. The van der Waals surface area contributed by atoms with Gasteiger partial charge in [0.05, 0.1) is 0 Å². The van der Waals surface area contributed by atoms with Crippen LogP contribution in [-0.2, 0) is 16.0 Å². The Labute approximate surface area is 130 Å². The number of carbonyl (C=O) groups is 3. The first-order valence-corrected chi connectivity index (χ1v) is 7.38. The molecule has 1 rings (SSSR count). The highest BCUT2D eigenvalue weighted by atomic mass is 16.4. The van der Waals surface area contributed by atoms with Crippen molar-refractivity contribution in [2.75, 3.05) is 7.05 Å². The molecule has 0 saturated carbocycles. The molecule has 120 valence electrons. The number of Topliss-reactive ketones (excluding diaryl/α,β-unsaturated/α-hetero) is 1. The van der Waals surface area contributed by atoms with Crippen LogP contribution in [0.5, 0.6) is 0 Å². The summed E-state index contributed by atoms with van der Waals surface area (Å²) < 4.78 is 0. The highest BCUT2D eigenvalue weighted by molar-refractivity contribution is 5.96. The minimum atomic E-state index is -0.883. The van der Waals surface area contributed by atoms with E-state index in [4.69, 9.17) is 5.11 Å². The number of aliphatic carboxylic acids is 1. The van der Waals surface area contributed by atoms with Gasteiger partial charge in [-0.05, 0) is 25.3 Å². The molecule has 0 spiro atoms. The molecule has 0 saturated heterocycles. The molecule has 5 heteroatoms. The Morgan fingerprint density at radius 1 is 1.14 bits per heavy atom. The monoisotopic (exact) mass is 305 g/mol. The van der Waals surface area contributed by atoms with Crippen LogP contribution in [0.3, 0.4) is 0 Å². The van der Waals surface area contributed by atoms with Gasteiger partial charge in [-0.3, -0.25) is 14.4 Å². The van der Waals surface area contributed by atoms with Crippen LogP contribution in [0.25, 0.3) is 0 Å². The average Bonchev–Trinajstić information content (AvgIpc) is 2.46. The predicted molar refractivity (Wildman–Crippen MR) is 83.9 cm³/mol. The number of ketones is 1. The zero-order valence-corrected chi connectivity index (χ0v) is 13.3. The van der Waals surface area contributed by atoms with Crippen molar-refractivity contribution in [3.8, 4) is 0 Å². The van der Waals surface area contributed by atoms with E-state index in [9.17, 15) is 14.4 Å². The Morgan fingerprint density at radius 2 is 1.73 bits per heavy atom. The van der Waals surface area contributed by atoms with Crippen LogP contribution in [-0.4, -0.2) is 40.8 Å². The molecule has 0 heterocycles. The molecule has 22 heavy (non-hydrogen) atoms. The summed E-state index contributed by atoms with van der Waals surface area (Å²) in [5, 5.41) is 8.56. The molecule has 0 aliphatic carbocycles. The fourth-order valence-corrected chi connectivity index (χ4v) is 2.16. The lowest BCUT2D eigenvalue weighted by molar-refractivity contribution is -0.137. The number of likely N-dealkylation sites (N-methyl/N-ethyl adjacent to an activating group) is 1. The van der Waals surface area contributed by atoms with Crippen LogP contribution in [0.2, 0.25) is 0 Å². The van der Waals surface area contributed by atoms with Gasteiger partial charge in [0, 0.05) is 38.4 Å². The second-order valence-corrected chi connectivity index (χ2v) is 5.55. The molecule has 0 aliphatic heterocycles. The molecule has 1 aromatic carbocycles. The van der Waals surface area contributed by atoms with Crippen molar-refractivity contribution in [3.63, 3.8) is 0 Å². The first kappa shape index (κ1) is 17.9. The maximum Gasteiger partial charge on any atom is 0.303 e. The Hall–Kier alpha value is -2.17. The topological polar surface area (TPSA) is 74.7 Å². The van der Waals surface area contributed by atoms with Crippen molar-refractivity contribution in [1.29, 1.82) is 0 Å². The van der Waals surface area contributed by atoms with Gasteiger partial charge in [-0.2, -0.15) is 0 Å². The summed E-state index contributed by atoms with van der Waals surface area (Å²) in [5.74, 6) is -0.897. The number of amides is 1. The van der Waals surface area contributed by atoms with E-state index in [1.807, 2.05) is 19.1 Å². The number of benzene rings is 1. The van der Waals surface area contributed by atoms with Gasteiger partial charge >= 0.3 is 5.97 Å². The first-order chi connectivity index (χ1) is 10.3. The summed E-state index contributed by atoms with van der Waals surface area (Å²) in [5.41, 5.74) is 1.66. The summed E-state index contributed by atoms with van der Waals surface area (Å²) in [6.45, 7) is 3.52. The molecule has 1 atom stereocenters. The molecule has 0 aliphatic rings. The van der Waals surface area contributed by atoms with Gasteiger partial charge in [0.2, 0.25) is 5.91 Å². The largest absolute Gasteiger partial charge is 0.481 e. The highest BCUT2D eigenvalue weighted by Gasteiger charge is 2.13. The maximum absolute atomic E-state index is 11.9. The van der Waals surface area contributed by atoms with Gasteiger partial charge in [-0.1, -0.05) is 24.3 Å². The first-order valence-electron chi connectivity index (χ1n) is 7.38. The van der Waals surface area contributed by atoms with E-state index < -0.39 is 5.97 Å². The lowest BCUT2D eigenvalue weighted by Gasteiger charge is -2.23. The molecular weight excluding hydrogens is 282 g/mol. The number of carboxylic acid groups (broad SMARTS) is 1. The fraction of sp³-hybridized carbons (Fsp3) is 0.471. The van der Waals surface area contributed by atoms with Crippen LogP contribution in [0.4, 0.5) is 0 Å². The van der Waals surface area contributed by atoms with Crippen molar-refractivity contribution in [2.24, 2.45) is 0 Å². The molecule has 0 unspecified atom stereocenters. The number of nitrogens with zero attached hydrogens (tertiary/aromatic N) is 1. The average molecular weight is 305 g/mol. The third kappa shape index (κ3) is 5.68. The number of hydrogen-bond acceptors (Lipinski definition) is 3. The molecule has 1 amide bonds. The minimum absolute atomic E-state index is 0.0126. The van der Waals surface area contributed by atoms with Gasteiger partial charge in [-0.15, -0.1) is 0 Å². The third-order valence-corrected chi connectivity index (χ3v) is 3.76. The smallest absolute Gasteiger partial charge is 0.303 e. The molecule has 5 nitrogen and oxygen atoms in total. The van der Waals surface area contributed by atoms with Crippen LogP contribution < -0.4 is 0 Å². The lowest BCUT2D eigenvalue weighted by atomic mass is 10.0. The molecule has 0 fully saturated rings. The quantitative estimate of drug-likeness (QED) is 0.749. The number of carboxylic acids is 1. The SMILES string of the molecule is CC(=O)N(C)[C@H](C)Cc1ccc(C(=O)CCCC(=O)O)cc1. The van der Waals surface area contributed by atoms with E-state index in [2.05, 4.69) is 0 Å². The molecule has 1 N–H and O–H groups in total. The van der Waals surface area contributed by atoms with Crippen molar-refractivity contribution in [1.82, 2.24) is 4.90 Å². The Morgan fingerprint density at radius 3 is 2.23 bits per heavy atom. The molecular formula is C17H23NO4. The van der Waals surface area contributed by atoms with E-state index in [-0.39, 0.29) is 30.6 Å². The summed E-state index contributed by atoms with van der Waals surface area (Å²) in [6, 6.07) is 7.39. The molecule has 0 radical (unpaired) electrons. The van der Waals surface area contributed by atoms with Gasteiger partial charge in [0.1, 0.15) is 0 Å². The zero-order valence-electron chi connectivity index (χ0n) is 13.3. The third-order valence-electron chi connectivity index (χ3n) is 3.76. The van der Waals surface area contributed by atoms with E-state index >= 15 is 0 Å². The lowest BCUT2D eigenvalue weighted by Crippen LogP contribution is -2.34. The van der Waals surface area contributed by atoms with Crippen LogP contribution in [0.15, 0.2) is 24.3 Å². The summed E-state index contributed by atoms with van der Waals surface area (Å²) in [6.07, 6.45) is 1.34. The van der Waals surface area contributed by atoms with Crippen molar-refractivity contribution < 1.29 is 19.5 Å². The second-order valence-electron chi connectivity index (χ2n) is 5.55. The van der Waals surface area contributed by atoms with Gasteiger partial charge < -0.3 is 10.0 Å². The van der Waals surface area contributed by atoms with E-state index in [0.29, 0.717) is 12.0 Å². The van der Waals surface area contributed by atoms with E-state index in [1.54, 1.807) is 24.1 Å². The van der Waals surface area contributed by atoms with Crippen LogP contribution in [0.1, 0.15) is 49.0 Å². The Balaban J connectivity index is 2.57. The van der Waals surface area contributed by atoms with Gasteiger partial charge in [0.25, 0.3) is 0 Å². The summed E-state index contributed by atoms with van der Waals surface area (Å²) in [4.78, 5) is 35.3. The van der Waals surface area contributed by atoms with Gasteiger partial charge in [0.15, 0.2) is 5.78 Å². The zero-order chi connectivity index (χ0) is 16.7. The van der Waals surface area contributed by atoms with Crippen molar-refractivity contribution in [2.45, 2.75) is 45.6 Å². The van der Waals surface area contributed by atoms with Crippen molar-refractivity contribution in [3.05, 3.63) is 35.4 Å². The molecule has 0 bridgehead atoms. The highest BCUT2D eigenvalue weighted by Crippen LogP contribution is 2.12. The summed E-state index contributed by atoms with van der Waals surface area (Å²) >= 11 is 0. The van der Waals surface area contributed by atoms with Crippen molar-refractivity contribution >= 4 is 17.7 Å². The maximum atomic E-state index is 11.9. The van der Waals surface area contributed by atoms with E-state index in [0.717, 1.165) is 12.0 Å². The second kappa shape index (κ2) is 8.32. The minimum Gasteiger partial charge on any atom is -0.481 e.